The van der Waals surface area contributed by atoms with Crippen molar-refractivity contribution in [2.24, 2.45) is 4.99 Å². The Morgan fingerprint density at radius 1 is 1.13 bits per heavy atom. The number of fused-ring (bicyclic) bond motifs is 1. The third-order valence-electron chi connectivity index (χ3n) is 4.52. The average Bonchev–Trinajstić information content (AvgIpc) is 3.03. The largest absolute Gasteiger partial charge is 0.478 e. The van der Waals surface area contributed by atoms with Crippen LogP contribution in [0.3, 0.4) is 0 Å². The highest BCUT2D eigenvalue weighted by atomic mass is 35.5. The van der Waals surface area contributed by atoms with Gasteiger partial charge in [0.05, 0.1) is 27.4 Å². The van der Waals surface area contributed by atoms with Gasteiger partial charge in [-0.25, -0.2) is 14.2 Å². The molecule has 2 aliphatic rings. The van der Waals surface area contributed by atoms with Crippen molar-refractivity contribution in [2.75, 3.05) is 0 Å². The molecule has 0 bridgehead atoms. The summed E-state index contributed by atoms with van der Waals surface area (Å²) in [6.07, 6.45) is 1.73. The van der Waals surface area contributed by atoms with E-state index >= 15 is 0 Å². The van der Waals surface area contributed by atoms with Crippen LogP contribution in [0.2, 0.25) is 10.0 Å². The first-order valence-electron chi connectivity index (χ1n) is 8.28. The van der Waals surface area contributed by atoms with E-state index in [2.05, 4.69) is 4.99 Å². The molecule has 1 N–H and O–H groups in total. The van der Waals surface area contributed by atoms with Gasteiger partial charge in [0, 0.05) is 22.2 Å². The number of thioether (sulfide) groups is 1. The number of nitrogens with zero attached hydrogens (tertiary/aromatic N) is 2. The van der Waals surface area contributed by atoms with Gasteiger partial charge in [-0.1, -0.05) is 47.5 Å². The van der Waals surface area contributed by atoms with E-state index in [0.717, 1.165) is 4.91 Å². The van der Waals surface area contributed by atoms with Gasteiger partial charge < -0.3 is 10.0 Å². The first-order chi connectivity index (χ1) is 13.4. The molecule has 2 aromatic carbocycles. The second-order valence-corrected chi connectivity index (χ2v) is 8.05. The number of hydrogen-bond acceptors (Lipinski definition) is 4. The predicted octanol–water partition coefficient (Wildman–Crippen LogP) is 6.79. The summed E-state index contributed by atoms with van der Waals surface area (Å²) in [5.74, 6) is -1.63. The Balaban J connectivity index is 0.00000160. The summed E-state index contributed by atoms with van der Waals surface area (Å²) in [6.45, 7) is 1.61. The van der Waals surface area contributed by atoms with Crippen LogP contribution in [-0.4, -0.2) is 21.1 Å². The lowest BCUT2D eigenvalue weighted by molar-refractivity contribution is -0.133. The third kappa shape index (κ3) is 4.20. The minimum Gasteiger partial charge on any atom is -0.478 e. The van der Waals surface area contributed by atoms with Crippen LogP contribution in [0.25, 0.3) is 4.91 Å². The maximum atomic E-state index is 14.6. The van der Waals surface area contributed by atoms with Gasteiger partial charge in [0.25, 0.3) is 0 Å². The lowest BCUT2D eigenvalue weighted by Gasteiger charge is -2.32. The molecule has 0 spiro atoms. The van der Waals surface area contributed by atoms with Crippen LogP contribution in [0.15, 0.2) is 64.9 Å². The number of aliphatic imine (C=N–C) groups is 1. The minimum atomic E-state index is -1.14. The van der Waals surface area contributed by atoms with E-state index in [1.54, 1.807) is 54.4 Å². The van der Waals surface area contributed by atoms with Crippen molar-refractivity contribution in [1.82, 2.24) is 4.90 Å². The molecule has 158 valence electrons. The van der Waals surface area contributed by atoms with E-state index in [1.807, 2.05) is 0 Å². The van der Waals surface area contributed by atoms with Gasteiger partial charge in [-0.2, -0.15) is 0 Å². The zero-order chi connectivity index (χ0) is 20.0. The van der Waals surface area contributed by atoms with Crippen molar-refractivity contribution in [1.29, 1.82) is 0 Å². The Hall–Kier alpha value is -1.70. The zero-order valence-corrected chi connectivity index (χ0v) is 19.3. The summed E-state index contributed by atoms with van der Waals surface area (Å²) in [5, 5.41) is 11.3. The van der Waals surface area contributed by atoms with E-state index < -0.39 is 17.8 Å². The maximum absolute atomic E-state index is 14.6. The zero-order valence-electron chi connectivity index (χ0n) is 15.3. The van der Waals surface area contributed by atoms with Gasteiger partial charge in [0.1, 0.15) is 5.82 Å². The molecule has 0 aromatic heterocycles. The Labute approximate surface area is 199 Å². The van der Waals surface area contributed by atoms with Crippen LogP contribution >= 0.6 is 59.8 Å². The molecule has 0 aliphatic carbocycles. The third-order valence-corrected chi connectivity index (χ3v) is 6.17. The van der Waals surface area contributed by atoms with Crippen molar-refractivity contribution < 1.29 is 14.3 Å². The molecule has 1 atom stereocenters. The number of halogens is 5. The van der Waals surface area contributed by atoms with E-state index in [-0.39, 0.29) is 36.0 Å². The molecule has 0 saturated heterocycles. The average molecular weight is 508 g/mol. The van der Waals surface area contributed by atoms with Crippen LogP contribution in [-0.2, 0) is 4.79 Å². The molecule has 0 unspecified atom stereocenters. The molecule has 2 aliphatic heterocycles. The molecular weight excluding hydrogens is 493 g/mol. The predicted molar refractivity (Wildman–Crippen MR) is 125 cm³/mol. The number of hydrogen-bond donors (Lipinski definition) is 1. The molecule has 2 heterocycles. The van der Waals surface area contributed by atoms with Crippen LogP contribution < -0.4 is 0 Å². The molecule has 0 amide bonds. The highest BCUT2D eigenvalue weighted by Gasteiger charge is 2.40. The van der Waals surface area contributed by atoms with Crippen molar-refractivity contribution in [2.45, 2.75) is 13.0 Å². The Bertz CT molecular complexity index is 1080. The van der Waals surface area contributed by atoms with Gasteiger partial charge in [-0.15, -0.1) is 24.8 Å². The Morgan fingerprint density at radius 3 is 2.37 bits per heavy atom. The van der Waals surface area contributed by atoms with Crippen LogP contribution in [0.4, 0.5) is 4.39 Å². The summed E-state index contributed by atoms with van der Waals surface area (Å²) in [7, 11) is 0. The highest BCUT2D eigenvalue weighted by Crippen LogP contribution is 2.49. The van der Waals surface area contributed by atoms with Crippen molar-refractivity contribution in [3.8, 4) is 0 Å². The fourth-order valence-corrected chi connectivity index (χ4v) is 5.13. The number of amidine groups is 1. The van der Waals surface area contributed by atoms with Gasteiger partial charge in [0.15, 0.2) is 5.17 Å². The molecule has 4 rings (SSSR count). The Morgan fingerprint density at radius 2 is 1.77 bits per heavy atom. The standard InChI is InChI=1S/C20H13Cl2FN2O2S.2ClH/c1-10-16(19(26)27)18(11-5-2-3-8-14(11)23)25-9-15(28-20(25)24-10)17-12(21)6-4-7-13(17)22;;/h2-9,18H,1H3,(H,26,27);2*1H/t18-;;/m1../s1. The second kappa shape index (κ2) is 9.62. The molecule has 0 fully saturated rings. The minimum absolute atomic E-state index is 0. The summed E-state index contributed by atoms with van der Waals surface area (Å²) in [5.41, 5.74) is 1.25. The summed E-state index contributed by atoms with van der Waals surface area (Å²) in [6, 6.07) is 10.5. The topological polar surface area (TPSA) is 52.9 Å². The quantitative estimate of drug-likeness (QED) is 0.496. The molecule has 2 aromatic rings. The van der Waals surface area contributed by atoms with E-state index in [1.165, 1.54) is 17.8 Å². The first kappa shape index (κ1) is 24.6. The maximum Gasteiger partial charge on any atom is 0.335 e. The first-order valence-corrected chi connectivity index (χ1v) is 9.85. The van der Waals surface area contributed by atoms with Gasteiger partial charge >= 0.3 is 5.97 Å². The summed E-state index contributed by atoms with van der Waals surface area (Å²) in [4.78, 5) is 18.8. The fourth-order valence-electron chi connectivity index (χ4n) is 3.29. The lowest BCUT2D eigenvalue weighted by Crippen LogP contribution is -2.33. The second-order valence-electron chi connectivity index (χ2n) is 6.22. The summed E-state index contributed by atoms with van der Waals surface area (Å²) >= 11 is 14.0. The molecule has 10 heteroatoms. The number of carboxylic acids is 1. The SMILES string of the molecule is CC1=C(C(=O)O)[C@@H](c2ccccc2F)N2C=C(c3c(Cl)cccc3Cl)SC2=N1.Cl.Cl. The van der Waals surface area contributed by atoms with Gasteiger partial charge in [-0.05, 0) is 36.9 Å². The smallest absolute Gasteiger partial charge is 0.335 e. The van der Waals surface area contributed by atoms with Gasteiger partial charge in [-0.3, -0.25) is 0 Å². The molecule has 0 saturated carbocycles. The van der Waals surface area contributed by atoms with Crippen LogP contribution in [0.5, 0.6) is 0 Å². The number of rotatable bonds is 3. The lowest BCUT2D eigenvalue weighted by atomic mass is 9.94. The van der Waals surface area contributed by atoms with Crippen molar-refractivity contribution >= 4 is 75.8 Å². The molecular formula is C20H15Cl4FN2O2S. The van der Waals surface area contributed by atoms with Crippen LogP contribution in [0.1, 0.15) is 24.1 Å². The highest BCUT2D eigenvalue weighted by molar-refractivity contribution is 8.22. The number of benzene rings is 2. The molecule has 0 radical (unpaired) electrons. The number of carboxylic acid groups (broad SMARTS) is 1. The van der Waals surface area contributed by atoms with E-state index in [4.69, 9.17) is 23.2 Å². The Kier molecular flexibility index (Phi) is 7.88. The summed E-state index contributed by atoms with van der Waals surface area (Å²) < 4.78 is 14.6. The molecule has 30 heavy (non-hydrogen) atoms. The van der Waals surface area contributed by atoms with E-state index in [9.17, 15) is 14.3 Å². The van der Waals surface area contributed by atoms with E-state index in [0.29, 0.717) is 26.5 Å². The monoisotopic (exact) mass is 506 g/mol. The molecule has 4 nitrogen and oxygen atoms in total. The van der Waals surface area contributed by atoms with Gasteiger partial charge in [0.2, 0.25) is 0 Å². The normalized spacial score (nSPS) is 17.5. The fraction of sp³-hybridized carbons (Fsp3) is 0.100. The number of allylic oxidation sites excluding steroid dienone is 1. The number of carbonyl (C=O) groups is 1. The van der Waals surface area contributed by atoms with Crippen molar-refractivity contribution in [3.05, 3.63) is 86.9 Å². The van der Waals surface area contributed by atoms with Crippen LogP contribution in [0, 0.1) is 5.82 Å². The van der Waals surface area contributed by atoms with Crippen molar-refractivity contribution in [3.63, 3.8) is 0 Å². The number of aliphatic carboxylic acids is 1.